The molecule has 0 aliphatic rings. The number of hydrogen-bond acceptors (Lipinski definition) is 7. The van der Waals surface area contributed by atoms with Crippen LogP contribution in [0.1, 0.15) is 11.4 Å². The van der Waals surface area contributed by atoms with E-state index in [0.717, 1.165) is 0 Å². The zero-order valence-electron chi connectivity index (χ0n) is 12.6. The van der Waals surface area contributed by atoms with Crippen molar-refractivity contribution in [1.82, 2.24) is 9.97 Å². The minimum atomic E-state index is -1.04. The first-order chi connectivity index (χ1) is 11.4. The van der Waals surface area contributed by atoms with Crippen molar-refractivity contribution in [3.8, 4) is 17.4 Å². The van der Waals surface area contributed by atoms with Crippen LogP contribution >= 0.6 is 15.9 Å². The van der Waals surface area contributed by atoms with E-state index in [1.54, 1.807) is 18.2 Å². The number of nitro groups is 1. The third-order valence-corrected chi connectivity index (χ3v) is 3.56. The first kappa shape index (κ1) is 17.5. The number of benzene rings is 1. The highest BCUT2D eigenvalue weighted by molar-refractivity contribution is 9.10. The molecule has 2 rings (SSSR count). The highest BCUT2D eigenvalue weighted by Crippen LogP contribution is 2.36. The second kappa shape index (κ2) is 7.13. The third-order valence-electron chi connectivity index (χ3n) is 2.97. The maximum atomic E-state index is 11.6. The maximum Gasteiger partial charge on any atom is 0.395 e. The van der Waals surface area contributed by atoms with Gasteiger partial charge in [0, 0.05) is 0 Å². The van der Waals surface area contributed by atoms with Gasteiger partial charge >= 0.3 is 11.2 Å². The Bertz CT molecular complexity index is 878. The van der Waals surface area contributed by atoms with E-state index in [9.17, 15) is 20.0 Å². The van der Waals surface area contributed by atoms with Crippen LogP contribution in [0, 0.1) is 10.1 Å². The van der Waals surface area contributed by atoms with Crippen molar-refractivity contribution in [2.24, 2.45) is 0 Å². The Labute approximate surface area is 143 Å². The molecule has 10 heteroatoms. The monoisotopic (exact) mass is 397 g/mol. The molecule has 0 radical (unpaired) electrons. The van der Waals surface area contributed by atoms with E-state index in [1.165, 1.54) is 20.3 Å². The molecule has 0 amide bonds. The predicted molar refractivity (Wildman–Crippen MR) is 89.4 cm³/mol. The Morgan fingerprint density at radius 1 is 1.33 bits per heavy atom. The summed E-state index contributed by atoms with van der Waals surface area (Å²) in [6.07, 6.45) is 2.97. The SMILES string of the molecule is COc1cc(/C=C\c2nc(O)c([N+](=O)[O-])c(=O)[nH]2)cc(Br)c1OC. The summed E-state index contributed by atoms with van der Waals surface area (Å²) in [6.45, 7) is 0. The number of halogens is 1. The fourth-order valence-corrected chi connectivity index (χ4v) is 2.55. The molecule has 24 heavy (non-hydrogen) atoms. The molecule has 0 fully saturated rings. The van der Waals surface area contributed by atoms with Crippen molar-refractivity contribution < 1.29 is 19.5 Å². The zero-order chi connectivity index (χ0) is 17.9. The number of aromatic amines is 1. The number of methoxy groups -OCH3 is 2. The normalized spacial score (nSPS) is 10.8. The van der Waals surface area contributed by atoms with Crippen molar-refractivity contribution >= 4 is 33.8 Å². The largest absolute Gasteiger partial charge is 0.493 e. The molecule has 2 aromatic rings. The van der Waals surface area contributed by atoms with Crippen LogP contribution in [-0.2, 0) is 0 Å². The van der Waals surface area contributed by atoms with Crippen molar-refractivity contribution in [3.63, 3.8) is 0 Å². The zero-order valence-corrected chi connectivity index (χ0v) is 14.2. The number of aromatic nitrogens is 2. The van der Waals surface area contributed by atoms with Crippen LogP contribution in [-0.4, -0.2) is 34.2 Å². The molecule has 0 spiro atoms. The predicted octanol–water partition coefficient (Wildman–Crippen LogP) is 2.33. The number of ether oxygens (including phenoxy) is 2. The molecule has 126 valence electrons. The lowest BCUT2D eigenvalue weighted by atomic mass is 10.2. The van der Waals surface area contributed by atoms with Crippen molar-refractivity contribution in [2.75, 3.05) is 14.2 Å². The summed E-state index contributed by atoms with van der Waals surface area (Å²) in [7, 11) is 3.00. The summed E-state index contributed by atoms with van der Waals surface area (Å²) in [5, 5.41) is 20.1. The van der Waals surface area contributed by atoms with Gasteiger partial charge < -0.3 is 19.6 Å². The van der Waals surface area contributed by atoms with Gasteiger partial charge in [0.1, 0.15) is 5.82 Å². The van der Waals surface area contributed by atoms with Gasteiger partial charge in [-0.1, -0.05) is 6.08 Å². The lowest BCUT2D eigenvalue weighted by molar-refractivity contribution is -0.387. The van der Waals surface area contributed by atoms with Gasteiger partial charge in [-0.25, -0.2) is 0 Å². The maximum absolute atomic E-state index is 11.6. The van der Waals surface area contributed by atoms with Crippen molar-refractivity contribution in [1.29, 1.82) is 0 Å². The van der Waals surface area contributed by atoms with E-state index in [1.807, 2.05) is 0 Å². The van der Waals surface area contributed by atoms with Gasteiger partial charge in [-0.2, -0.15) is 4.98 Å². The fraction of sp³-hybridized carbons (Fsp3) is 0.143. The number of nitrogens with zero attached hydrogens (tertiary/aromatic N) is 2. The minimum absolute atomic E-state index is 0.0333. The van der Waals surface area contributed by atoms with Crippen LogP contribution in [0.2, 0.25) is 0 Å². The number of nitrogens with one attached hydrogen (secondary N) is 1. The summed E-state index contributed by atoms with van der Waals surface area (Å²) in [6, 6.07) is 3.42. The molecule has 0 unspecified atom stereocenters. The standard InChI is InChI=1S/C14H12BrN3O6/c1-23-9-6-7(5-8(15)12(9)24-2)3-4-10-16-13(19)11(18(21)22)14(20)17-10/h3-6H,1-2H3,(H2,16,17,19,20)/b4-3-. The number of aromatic hydroxyl groups is 1. The van der Waals surface area contributed by atoms with Crippen LogP contribution in [0.3, 0.4) is 0 Å². The summed E-state index contributed by atoms with van der Waals surface area (Å²) >= 11 is 3.35. The van der Waals surface area contributed by atoms with Gasteiger partial charge in [0.05, 0.1) is 23.6 Å². The molecule has 0 saturated heterocycles. The van der Waals surface area contributed by atoms with Gasteiger partial charge in [-0.05, 0) is 39.7 Å². The van der Waals surface area contributed by atoms with Gasteiger partial charge in [-0.15, -0.1) is 0 Å². The van der Waals surface area contributed by atoms with Crippen LogP contribution in [0.25, 0.3) is 12.2 Å². The molecular formula is C14H12BrN3O6. The molecule has 0 saturated carbocycles. The average Bonchev–Trinajstić information content (AvgIpc) is 2.51. The molecule has 0 aliphatic heterocycles. The molecule has 2 N–H and O–H groups in total. The Hall–Kier alpha value is -2.88. The molecule has 1 heterocycles. The topological polar surface area (TPSA) is 128 Å². The molecule has 0 atom stereocenters. The molecule has 1 aromatic heterocycles. The smallest absolute Gasteiger partial charge is 0.395 e. The second-order valence-electron chi connectivity index (χ2n) is 4.45. The van der Waals surface area contributed by atoms with Crippen LogP contribution in [0.4, 0.5) is 5.69 Å². The summed E-state index contributed by atoms with van der Waals surface area (Å²) < 4.78 is 11.1. The van der Waals surface area contributed by atoms with E-state index >= 15 is 0 Å². The minimum Gasteiger partial charge on any atom is -0.493 e. The Kier molecular flexibility index (Phi) is 5.19. The summed E-state index contributed by atoms with van der Waals surface area (Å²) in [5.74, 6) is 0.0274. The highest BCUT2D eigenvalue weighted by Gasteiger charge is 2.21. The van der Waals surface area contributed by atoms with Crippen molar-refractivity contribution in [2.45, 2.75) is 0 Å². The number of rotatable bonds is 5. The van der Waals surface area contributed by atoms with Gasteiger partial charge in [0.25, 0.3) is 5.88 Å². The van der Waals surface area contributed by atoms with Crippen LogP contribution in [0.5, 0.6) is 17.4 Å². The summed E-state index contributed by atoms with van der Waals surface area (Å²) in [5.41, 5.74) is -1.36. The van der Waals surface area contributed by atoms with E-state index in [4.69, 9.17) is 9.47 Å². The lowest BCUT2D eigenvalue weighted by Crippen LogP contribution is -2.14. The van der Waals surface area contributed by atoms with Crippen molar-refractivity contribution in [3.05, 3.63) is 48.5 Å². The van der Waals surface area contributed by atoms with Crippen LogP contribution in [0.15, 0.2) is 21.4 Å². The van der Waals surface area contributed by atoms with Gasteiger partial charge in [-0.3, -0.25) is 14.9 Å². The molecular weight excluding hydrogens is 386 g/mol. The first-order valence-electron chi connectivity index (χ1n) is 6.44. The molecule has 1 aromatic carbocycles. The third kappa shape index (κ3) is 3.54. The fourth-order valence-electron chi connectivity index (χ4n) is 1.92. The Balaban J connectivity index is 2.40. The van der Waals surface area contributed by atoms with E-state index in [2.05, 4.69) is 25.9 Å². The average molecular weight is 398 g/mol. The Morgan fingerprint density at radius 2 is 2.04 bits per heavy atom. The molecule has 9 nitrogen and oxygen atoms in total. The van der Waals surface area contributed by atoms with E-state index in [-0.39, 0.29) is 5.82 Å². The molecule has 0 aliphatic carbocycles. The van der Waals surface area contributed by atoms with Gasteiger partial charge in [0.15, 0.2) is 11.5 Å². The van der Waals surface area contributed by atoms with E-state index in [0.29, 0.717) is 21.5 Å². The Morgan fingerprint density at radius 3 is 2.58 bits per heavy atom. The lowest BCUT2D eigenvalue weighted by Gasteiger charge is -2.10. The quantitative estimate of drug-likeness (QED) is 0.585. The highest BCUT2D eigenvalue weighted by atomic mass is 79.9. The summed E-state index contributed by atoms with van der Waals surface area (Å²) in [4.78, 5) is 27.0. The molecule has 0 bridgehead atoms. The van der Waals surface area contributed by atoms with Crippen LogP contribution < -0.4 is 15.0 Å². The van der Waals surface area contributed by atoms with Gasteiger partial charge in [0.2, 0.25) is 0 Å². The first-order valence-corrected chi connectivity index (χ1v) is 7.24. The number of hydrogen-bond donors (Lipinski definition) is 2. The van der Waals surface area contributed by atoms with E-state index < -0.39 is 22.0 Å². The number of H-pyrrole nitrogens is 1. The second-order valence-corrected chi connectivity index (χ2v) is 5.31.